The highest BCUT2D eigenvalue weighted by Crippen LogP contribution is 2.28. The van der Waals surface area contributed by atoms with Crippen molar-refractivity contribution in [1.29, 1.82) is 0 Å². The first-order chi connectivity index (χ1) is 10.5. The third-order valence-electron chi connectivity index (χ3n) is 6.24. The quantitative estimate of drug-likeness (QED) is 0.765. The molecule has 1 aromatic rings. The third-order valence-corrected chi connectivity index (χ3v) is 6.24. The van der Waals surface area contributed by atoms with Crippen LogP contribution in [0.15, 0.2) is 0 Å². The molecular formula is C20H31N2+. The standard InChI is InChI=1S/C20H31N2/c1-14-15(2)17(4)20(18(5)16(14)3)12-22-10-9-21(13-22)11-19-7-6-8-19/h13,19H,6-12H2,1-5H3/q+1. The first-order valence-corrected chi connectivity index (χ1v) is 8.86. The average Bonchev–Trinajstić information content (AvgIpc) is 2.91. The molecule has 0 bridgehead atoms. The predicted molar refractivity (Wildman–Crippen MR) is 93.9 cm³/mol. The lowest BCUT2D eigenvalue weighted by atomic mass is 9.85. The van der Waals surface area contributed by atoms with E-state index in [1.165, 1.54) is 66.7 Å². The van der Waals surface area contributed by atoms with Gasteiger partial charge in [-0.2, -0.15) is 0 Å². The van der Waals surface area contributed by atoms with Gasteiger partial charge in [0.25, 0.3) is 0 Å². The maximum Gasteiger partial charge on any atom is 0.234 e. The van der Waals surface area contributed by atoms with Crippen LogP contribution in [0.1, 0.15) is 52.6 Å². The maximum atomic E-state index is 2.54. The molecule has 0 atom stereocenters. The second-order valence-corrected chi connectivity index (χ2v) is 7.48. The summed E-state index contributed by atoms with van der Waals surface area (Å²) in [4.78, 5) is 2.54. The number of benzene rings is 1. The molecular weight excluding hydrogens is 268 g/mol. The van der Waals surface area contributed by atoms with Crippen LogP contribution >= 0.6 is 0 Å². The van der Waals surface area contributed by atoms with Crippen molar-refractivity contribution in [2.45, 2.75) is 60.4 Å². The summed E-state index contributed by atoms with van der Waals surface area (Å²) in [5, 5.41) is 0. The van der Waals surface area contributed by atoms with E-state index in [0.29, 0.717) is 0 Å². The van der Waals surface area contributed by atoms with Gasteiger partial charge in [0.1, 0.15) is 19.6 Å². The lowest BCUT2D eigenvalue weighted by molar-refractivity contribution is -0.530. The second-order valence-electron chi connectivity index (χ2n) is 7.48. The lowest BCUT2D eigenvalue weighted by Gasteiger charge is -2.25. The van der Waals surface area contributed by atoms with Crippen LogP contribution < -0.4 is 0 Å². The second kappa shape index (κ2) is 6.06. The minimum Gasteiger partial charge on any atom is -0.264 e. The van der Waals surface area contributed by atoms with Gasteiger partial charge >= 0.3 is 0 Å². The van der Waals surface area contributed by atoms with Crippen molar-refractivity contribution >= 4 is 6.34 Å². The van der Waals surface area contributed by atoms with Crippen LogP contribution in [0, 0.1) is 40.5 Å². The minimum atomic E-state index is 0.962. The van der Waals surface area contributed by atoms with Crippen molar-refractivity contribution in [1.82, 2.24) is 4.90 Å². The third kappa shape index (κ3) is 2.80. The van der Waals surface area contributed by atoms with Gasteiger partial charge in [0.15, 0.2) is 0 Å². The molecule has 1 aromatic carbocycles. The summed E-state index contributed by atoms with van der Waals surface area (Å²) in [5.74, 6) is 0.962. The first kappa shape index (κ1) is 15.6. The predicted octanol–water partition coefficient (Wildman–Crippen LogP) is 3.89. The van der Waals surface area contributed by atoms with Crippen LogP contribution in [0.5, 0.6) is 0 Å². The first-order valence-electron chi connectivity index (χ1n) is 8.86. The topological polar surface area (TPSA) is 6.25 Å². The lowest BCUT2D eigenvalue weighted by Crippen LogP contribution is -2.30. The molecule has 0 spiro atoms. The summed E-state index contributed by atoms with van der Waals surface area (Å²) in [7, 11) is 0. The number of rotatable bonds is 4. The van der Waals surface area contributed by atoms with Crippen LogP contribution in [-0.2, 0) is 6.54 Å². The zero-order chi connectivity index (χ0) is 15.9. The zero-order valence-electron chi connectivity index (χ0n) is 15.0. The van der Waals surface area contributed by atoms with Gasteiger partial charge in [-0.05, 0) is 86.8 Å². The van der Waals surface area contributed by atoms with Crippen LogP contribution in [0.4, 0.5) is 0 Å². The highest BCUT2D eigenvalue weighted by molar-refractivity contribution is 5.52. The molecule has 1 fully saturated rings. The SMILES string of the molecule is Cc1c(C)c(C)c(C[N+]2=CN(CC3CCC3)CC2)c(C)c1C. The summed E-state index contributed by atoms with van der Waals surface area (Å²) < 4.78 is 2.52. The van der Waals surface area contributed by atoms with Gasteiger partial charge in [-0.25, -0.2) is 0 Å². The Morgan fingerprint density at radius 1 is 0.955 bits per heavy atom. The molecule has 1 aliphatic carbocycles. The highest BCUT2D eigenvalue weighted by atomic mass is 15.3. The van der Waals surface area contributed by atoms with Gasteiger partial charge in [0, 0.05) is 0 Å². The molecule has 0 unspecified atom stereocenters. The van der Waals surface area contributed by atoms with E-state index >= 15 is 0 Å². The van der Waals surface area contributed by atoms with Gasteiger partial charge < -0.3 is 0 Å². The van der Waals surface area contributed by atoms with Crippen LogP contribution in [-0.4, -0.2) is 35.4 Å². The molecule has 1 saturated carbocycles. The van der Waals surface area contributed by atoms with Gasteiger partial charge in [0.2, 0.25) is 6.34 Å². The van der Waals surface area contributed by atoms with Crippen LogP contribution in [0.2, 0.25) is 0 Å². The Balaban J connectivity index is 1.77. The molecule has 0 aromatic heterocycles. The van der Waals surface area contributed by atoms with Crippen LogP contribution in [0.25, 0.3) is 0 Å². The van der Waals surface area contributed by atoms with Crippen molar-refractivity contribution in [2.24, 2.45) is 5.92 Å². The summed E-state index contributed by atoms with van der Waals surface area (Å²) in [6.07, 6.45) is 6.72. The summed E-state index contributed by atoms with van der Waals surface area (Å²) in [5.41, 5.74) is 8.95. The Kier molecular flexibility index (Phi) is 4.29. The Morgan fingerprint density at radius 2 is 1.55 bits per heavy atom. The van der Waals surface area contributed by atoms with E-state index < -0.39 is 0 Å². The number of hydrogen-bond donors (Lipinski definition) is 0. The normalized spacial score (nSPS) is 18.6. The number of nitrogens with zero attached hydrogens (tertiary/aromatic N) is 2. The van der Waals surface area contributed by atoms with Gasteiger partial charge in [-0.3, -0.25) is 9.48 Å². The van der Waals surface area contributed by atoms with E-state index in [2.05, 4.69) is 50.4 Å². The molecule has 2 aliphatic rings. The van der Waals surface area contributed by atoms with Crippen molar-refractivity contribution < 1.29 is 4.58 Å². The molecule has 120 valence electrons. The smallest absolute Gasteiger partial charge is 0.234 e. The van der Waals surface area contributed by atoms with E-state index in [0.717, 1.165) is 12.5 Å². The molecule has 2 nitrogen and oxygen atoms in total. The largest absolute Gasteiger partial charge is 0.264 e. The minimum absolute atomic E-state index is 0.962. The molecule has 1 heterocycles. The van der Waals surface area contributed by atoms with Gasteiger partial charge in [-0.15, -0.1) is 0 Å². The molecule has 0 amide bonds. The molecule has 2 heteroatoms. The molecule has 0 radical (unpaired) electrons. The van der Waals surface area contributed by atoms with Crippen molar-refractivity contribution in [3.05, 3.63) is 33.4 Å². The monoisotopic (exact) mass is 299 g/mol. The van der Waals surface area contributed by atoms with E-state index in [1.54, 1.807) is 5.56 Å². The summed E-state index contributed by atoms with van der Waals surface area (Å²) in [6, 6.07) is 0. The Morgan fingerprint density at radius 3 is 2.09 bits per heavy atom. The number of hydrogen-bond acceptors (Lipinski definition) is 1. The van der Waals surface area contributed by atoms with Crippen LogP contribution in [0.3, 0.4) is 0 Å². The molecule has 0 N–H and O–H groups in total. The Labute approximate surface area is 135 Å². The van der Waals surface area contributed by atoms with Crippen molar-refractivity contribution in [3.8, 4) is 0 Å². The fourth-order valence-electron chi connectivity index (χ4n) is 3.89. The fourth-order valence-corrected chi connectivity index (χ4v) is 3.89. The van der Waals surface area contributed by atoms with E-state index in [4.69, 9.17) is 0 Å². The Bertz CT molecular complexity index is 580. The molecule has 3 rings (SSSR count). The summed E-state index contributed by atoms with van der Waals surface area (Å²) in [6.45, 7) is 16.1. The Hall–Kier alpha value is -1.31. The van der Waals surface area contributed by atoms with Gasteiger partial charge in [-0.1, -0.05) is 6.42 Å². The average molecular weight is 299 g/mol. The van der Waals surface area contributed by atoms with Crippen molar-refractivity contribution in [3.63, 3.8) is 0 Å². The molecule has 0 saturated heterocycles. The van der Waals surface area contributed by atoms with E-state index in [-0.39, 0.29) is 0 Å². The van der Waals surface area contributed by atoms with E-state index in [9.17, 15) is 0 Å². The van der Waals surface area contributed by atoms with E-state index in [1.807, 2.05) is 0 Å². The summed E-state index contributed by atoms with van der Waals surface area (Å²) >= 11 is 0. The maximum absolute atomic E-state index is 2.54. The van der Waals surface area contributed by atoms with Crippen molar-refractivity contribution in [2.75, 3.05) is 19.6 Å². The molecule has 22 heavy (non-hydrogen) atoms. The highest BCUT2D eigenvalue weighted by Gasteiger charge is 2.27. The molecule has 1 aliphatic heterocycles. The zero-order valence-corrected chi connectivity index (χ0v) is 15.0. The fraction of sp³-hybridized carbons (Fsp3) is 0.650. The van der Waals surface area contributed by atoms with Gasteiger partial charge in [0.05, 0.1) is 6.54 Å².